The van der Waals surface area contributed by atoms with Crippen molar-refractivity contribution in [3.8, 4) is 0 Å². The van der Waals surface area contributed by atoms with Crippen LogP contribution >= 0.6 is 0 Å². The summed E-state index contributed by atoms with van der Waals surface area (Å²) in [6.45, 7) is 14.9. The molecule has 2 heteroatoms. The molecule has 0 radical (unpaired) electrons. The van der Waals surface area contributed by atoms with Gasteiger partial charge in [-0.05, 0) is 91.2 Å². The molecule has 0 aliphatic heterocycles. The molecule has 0 aliphatic carbocycles. The summed E-state index contributed by atoms with van der Waals surface area (Å²) in [7, 11) is 0. The number of rotatable bonds is 10. The SMILES string of the molecule is C=Cc1ccc(C(CC)Cc2ccc(C)cc2)cc1.CCC(CC)c1ccc(Cc2ccc(C)cc2)cc1.O.O. The predicted molar refractivity (Wildman–Crippen MR) is 175 cm³/mol. The summed E-state index contributed by atoms with van der Waals surface area (Å²) in [5, 5.41) is 0. The number of aryl methyl sites for hydroxylation is 2. The van der Waals surface area contributed by atoms with Gasteiger partial charge in [0, 0.05) is 0 Å². The van der Waals surface area contributed by atoms with Crippen LogP contribution in [-0.4, -0.2) is 11.0 Å². The molecule has 1 atom stereocenters. The Morgan fingerprint density at radius 2 is 0.900 bits per heavy atom. The van der Waals surface area contributed by atoms with Crippen molar-refractivity contribution in [2.45, 2.75) is 78.6 Å². The van der Waals surface area contributed by atoms with Crippen LogP contribution in [0.4, 0.5) is 0 Å². The van der Waals surface area contributed by atoms with Crippen LogP contribution in [-0.2, 0) is 12.8 Å². The topological polar surface area (TPSA) is 63.0 Å². The van der Waals surface area contributed by atoms with E-state index in [-0.39, 0.29) is 11.0 Å². The summed E-state index contributed by atoms with van der Waals surface area (Å²) in [4.78, 5) is 0. The van der Waals surface area contributed by atoms with E-state index in [0.29, 0.717) is 11.8 Å². The van der Waals surface area contributed by atoms with Crippen molar-refractivity contribution in [3.63, 3.8) is 0 Å². The van der Waals surface area contributed by atoms with Crippen LogP contribution in [0.2, 0.25) is 0 Å². The number of hydrogen-bond donors (Lipinski definition) is 0. The lowest BCUT2D eigenvalue weighted by Gasteiger charge is -2.16. The van der Waals surface area contributed by atoms with Crippen molar-refractivity contribution >= 4 is 6.08 Å². The fourth-order valence-corrected chi connectivity index (χ4v) is 5.02. The van der Waals surface area contributed by atoms with Gasteiger partial charge < -0.3 is 11.0 Å². The molecule has 40 heavy (non-hydrogen) atoms. The number of benzene rings is 4. The highest BCUT2D eigenvalue weighted by molar-refractivity contribution is 5.47. The second-order valence-electron chi connectivity index (χ2n) is 10.6. The summed E-state index contributed by atoms with van der Waals surface area (Å²) in [5.41, 5.74) is 11.0. The van der Waals surface area contributed by atoms with Gasteiger partial charge in [0.15, 0.2) is 0 Å². The second-order valence-corrected chi connectivity index (χ2v) is 10.6. The molecule has 0 saturated heterocycles. The highest BCUT2D eigenvalue weighted by Gasteiger charge is 2.10. The molecule has 0 bridgehead atoms. The number of hydrogen-bond acceptors (Lipinski definition) is 0. The molecule has 0 heterocycles. The Morgan fingerprint density at radius 1 is 0.525 bits per heavy atom. The van der Waals surface area contributed by atoms with E-state index < -0.39 is 0 Å². The third-order valence-corrected chi connectivity index (χ3v) is 7.70. The largest absolute Gasteiger partial charge is 0.412 e. The first-order valence-corrected chi connectivity index (χ1v) is 14.4. The van der Waals surface area contributed by atoms with Gasteiger partial charge in [-0.3, -0.25) is 0 Å². The maximum Gasteiger partial charge on any atom is -0.00258 e. The molecular formula is C38H50O2. The zero-order chi connectivity index (χ0) is 27.3. The van der Waals surface area contributed by atoms with Gasteiger partial charge in [-0.15, -0.1) is 0 Å². The zero-order valence-electron chi connectivity index (χ0n) is 25.2. The van der Waals surface area contributed by atoms with E-state index in [2.05, 4.69) is 138 Å². The Kier molecular flexibility index (Phi) is 15.6. The fourth-order valence-electron chi connectivity index (χ4n) is 5.02. The Morgan fingerprint density at radius 3 is 1.32 bits per heavy atom. The zero-order valence-corrected chi connectivity index (χ0v) is 25.2. The third kappa shape index (κ3) is 10.6. The Bertz CT molecular complexity index is 1220. The summed E-state index contributed by atoms with van der Waals surface area (Å²) in [6, 6.07) is 35.7. The molecule has 4 aromatic rings. The van der Waals surface area contributed by atoms with Crippen LogP contribution in [0.15, 0.2) is 104 Å². The van der Waals surface area contributed by atoms with Gasteiger partial charge in [0.25, 0.3) is 0 Å². The highest BCUT2D eigenvalue weighted by Crippen LogP contribution is 2.25. The molecule has 0 amide bonds. The van der Waals surface area contributed by atoms with Crippen molar-refractivity contribution in [1.82, 2.24) is 0 Å². The van der Waals surface area contributed by atoms with Crippen molar-refractivity contribution in [2.75, 3.05) is 0 Å². The van der Waals surface area contributed by atoms with E-state index in [1.165, 1.54) is 63.8 Å². The molecular weight excluding hydrogens is 488 g/mol. The molecule has 2 nitrogen and oxygen atoms in total. The first-order valence-electron chi connectivity index (χ1n) is 14.4. The Balaban J connectivity index is 0.000000381. The van der Waals surface area contributed by atoms with Gasteiger partial charge in [-0.1, -0.05) is 142 Å². The second kappa shape index (κ2) is 18.0. The van der Waals surface area contributed by atoms with Gasteiger partial charge in [-0.25, -0.2) is 0 Å². The van der Waals surface area contributed by atoms with Crippen LogP contribution in [0, 0.1) is 13.8 Å². The summed E-state index contributed by atoms with van der Waals surface area (Å²) in [6.07, 6.45) is 7.67. The Hall–Kier alpha value is -3.46. The molecule has 0 spiro atoms. The molecule has 0 aromatic heterocycles. The van der Waals surface area contributed by atoms with E-state index >= 15 is 0 Å². The van der Waals surface area contributed by atoms with Crippen LogP contribution in [0.5, 0.6) is 0 Å². The van der Waals surface area contributed by atoms with Crippen LogP contribution in [0.1, 0.15) is 96.4 Å². The van der Waals surface area contributed by atoms with Crippen molar-refractivity contribution in [2.24, 2.45) is 0 Å². The normalized spacial score (nSPS) is 10.9. The maximum absolute atomic E-state index is 3.80. The molecule has 4 rings (SSSR count). The predicted octanol–water partition coefficient (Wildman–Crippen LogP) is 9.21. The van der Waals surface area contributed by atoms with E-state index in [4.69, 9.17) is 0 Å². The summed E-state index contributed by atoms with van der Waals surface area (Å²) in [5.74, 6) is 1.31. The van der Waals surface area contributed by atoms with Gasteiger partial charge in [-0.2, -0.15) is 0 Å². The van der Waals surface area contributed by atoms with Gasteiger partial charge in [0.2, 0.25) is 0 Å². The quantitative estimate of drug-likeness (QED) is 0.193. The van der Waals surface area contributed by atoms with Gasteiger partial charge in [0.05, 0.1) is 0 Å². The molecule has 0 fully saturated rings. The molecule has 0 aliphatic rings. The average Bonchev–Trinajstić information content (AvgIpc) is 2.96. The van der Waals surface area contributed by atoms with Crippen LogP contribution < -0.4 is 0 Å². The third-order valence-electron chi connectivity index (χ3n) is 7.70. The van der Waals surface area contributed by atoms with E-state index in [9.17, 15) is 0 Å². The lowest BCUT2D eigenvalue weighted by Crippen LogP contribution is -2.01. The van der Waals surface area contributed by atoms with Crippen molar-refractivity contribution < 1.29 is 11.0 Å². The molecule has 1 unspecified atom stereocenters. The van der Waals surface area contributed by atoms with E-state index in [0.717, 1.165) is 12.8 Å². The minimum Gasteiger partial charge on any atom is -0.412 e. The molecule has 4 N–H and O–H groups in total. The van der Waals surface area contributed by atoms with Crippen LogP contribution in [0.25, 0.3) is 6.08 Å². The van der Waals surface area contributed by atoms with Crippen LogP contribution in [0.3, 0.4) is 0 Å². The Labute approximate surface area is 243 Å². The van der Waals surface area contributed by atoms with Gasteiger partial charge in [0.1, 0.15) is 0 Å². The standard InChI is InChI=1S/C19H24.C19H22.2H2O/c1-4-18(5-2)19-12-10-17(11-13-19)14-16-8-6-15(3)7-9-16;1-4-16-10-12-19(13-11-16)18(5-2)14-17-8-6-15(3)7-9-17;;/h6-13,18H,4-5,14H2,1-3H3;4,6-13,18H,1,5,14H2,2-3H3;2*1H2. The molecule has 0 saturated carbocycles. The van der Waals surface area contributed by atoms with Crippen molar-refractivity contribution in [1.29, 1.82) is 0 Å². The first kappa shape index (κ1) is 34.6. The highest BCUT2D eigenvalue weighted by atomic mass is 16.0. The minimum atomic E-state index is 0. The maximum atomic E-state index is 3.80. The fraction of sp³-hybridized carbons (Fsp3) is 0.316. The lowest BCUT2D eigenvalue weighted by atomic mass is 9.89. The van der Waals surface area contributed by atoms with E-state index in [1.54, 1.807) is 0 Å². The minimum absolute atomic E-state index is 0. The van der Waals surface area contributed by atoms with Crippen molar-refractivity contribution in [3.05, 3.63) is 148 Å². The van der Waals surface area contributed by atoms with Gasteiger partial charge >= 0.3 is 0 Å². The summed E-state index contributed by atoms with van der Waals surface area (Å²) >= 11 is 0. The smallest absolute Gasteiger partial charge is 0.00258 e. The summed E-state index contributed by atoms with van der Waals surface area (Å²) < 4.78 is 0. The first-order chi connectivity index (χ1) is 18.4. The monoisotopic (exact) mass is 538 g/mol. The lowest BCUT2D eigenvalue weighted by molar-refractivity contribution is 0.641. The van der Waals surface area contributed by atoms with E-state index in [1.807, 2.05) is 6.08 Å². The molecule has 4 aromatic carbocycles. The molecule has 214 valence electrons. The average molecular weight is 539 g/mol.